The molecular formula is C13H19NO3. The number of carbonyl (C=O) groups is 1. The van der Waals surface area contributed by atoms with E-state index in [-0.39, 0.29) is 12.0 Å². The summed E-state index contributed by atoms with van der Waals surface area (Å²) in [6.45, 7) is 1.98. The molecule has 94 valence electrons. The van der Waals surface area contributed by atoms with Crippen LogP contribution in [-0.2, 0) is 9.53 Å². The van der Waals surface area contributed by atoms with Crippen molar-refractivity contribution in [3.8, 4) is 5.75 Å². The van der Waals surface area contributed by atoms with E-state index in [0.29, 0.717) is 6.42 Å². The maximum atomic E-state index is 11.3. The zero-order chi connectivity index (χ0) is 12.8. The van der Waals surface area contributed by atoms with E-state index in [2.05, 4.69) is 10.1 Å². The van der Waals surface area contributed by atoms with Crippen molar-refractivity contribution >= 4 is 5.97 Å². The summed E-state index contributed by atoms with van der Waals surface area (Å²) in [5.41, 5.74) is 2.10. The average molecular weight is 237 g/mol. The fourth-order valence-corrected chi connectivity index (χ4v) is 1.75. The van der Waals surface area contributed by atoms with Crippen LogP contribution in [0.3, 0.4) is 0 Å². The Balaban J connectivity index is 2.88. The zero-order valence-electron chi connectivity index (χ0n) is 10.7. The molecule has 17 heavy (non-hydrogen) atoms. The van der Waals surface area contributed by atoms with Crippen molar-refractivity contribution in [1.29, 1.82) is 0 Å². The first-order chi connectivity index (χ1) is 8.12. The summed E-state index contributed by atoms with van der Waals surface area (Å²) in [7, 11) is 4.87. The summed E-state index contributed by atoms with van der Waals surface area (Å²) in [6.07, 6.45) is 0.318. The van der Waals surface area contributed by atoms with E-state index in [0.717, 1.165) is 16.9 Å². The van der Waals surface area contributed by atoms with Gasteiger partial charge in [-0.15, -0.1) is 0 Å². The maximum Gasteiger partial charge on any atom is 0.307 e. The maximum absolute atomic E-state index is 11.3. The number of hydrogen-bond donors (Lipinski definition) is 1. The Hall–Kier alpha value is -1.55. The number of carbonyl (C=O) groups excluding carboxylic acids is 1. The fourth-order valence-electron chi connectivity index (χ4n) is 1.75. The predicted octanol–water partition coefficient (Wildman–Crippen LogP) is 1.83. The molecular weight excluding hydrogens is 218 g/mol. The quantitative estimate of drug-likeness (QED) is 0.794. The number of nitrogens with one attached hydrogen (secondary N) is 1. The van der Waals surface area contributed by atoms with Crippen LogP contribution in [0.1, 0.15) is 23.6 Å². The lowest BCUT2D eigenvalue weighted by molar-refractivity contribution is -0.141. The number of rotatable bonds is 5. The van der Waals surface area contributed by atoms with Crippen molar-refractivity contribution in [2.45, 2.75) is 19.4 Å². The molecule has 1 rings (SSSR count). The van der Waals surface area contributed by atoms with Gasteiger partial charge < -0.3 is 14.8 Å². The molecule has 0 saturated carbocycles. The van der Waals surface area contributed by atoms with E-state index in [4.69, 9.17) is 4.74 Å². The normalized spacial score (nSPS) is 12.0. The molecule has 1 aromatic rings. The first kappa shape index (κ1) is 13.5. The Labute approximate surface area is 102 Å². The van der Waals surface area contributed by atoms with Crippen molar-refractivity contribution in [3.63, 3.8) is 0 Å². The van der Waals surface area contributed by atoms with E-state index in [1.165, 1.54) is 7.11 Å². The molecule has 1 aromatic carbocycles. The number of hydrogen-bond acceptors (Lipinski definition) is 4. The molecule has 0 amide bonds. The molecule has 0 spiro atoms. The van der Waals surface area contributed by atoms with Gasteiger partial charge >= 0.3 is 5.97 Å². The Morgan fingerprint density at radius 3 is 2.59 bits per heavy atom. The SMILES string of the molecule is CNC(CC(=O)OC)c1ccc(OC)c(C)c1. The molecule has 0 aromatic heterocycles. The Bertz CT molecular complexity index is 390. The molecule has 1 atom stereocenters. The zero-order valence-corrected chi connectivity index (χ0v) is 10.7. The second kappa shape index (κ2) is 6.25. The second-order valence-corrected chi connectivity index (χ2v) is 3.85. The number of aryl methyl sites for hydroxylation is 1. The lowest BCUT2D eigenvalue weighted by atomic mass is 10.0. The third-order valence-corrected chi connectivity index (χ3v) is 2.77. The highest BCUT2D eigenvalue weighted by molar-refractivity contribution is 5.70. The highest BCUT2D eigenvalue weighted by Crippen LogP contribution is 2.24. The van der Waals surface area contributed by atoms with Crippen LogP contribution in [0.25, 0.3) is 0 Å². The molecule has 1 N–H and O–H groups in total. The predicted molar refractivity (Wildman–Crippen MR) is 66.2 cm³/mol. The van der Waals surface area contributed by atoms with Gasteiger partial charge in [0.25, 0.3) is 0 Å². The summed E-state index contributed by atoms with van der Waals surface area (Å²) >= 11 is 0. The van der Waals surface area contributed by atoms with Crippen LogP contribution < -0.4 is 10.1 Å². The molecule has 0 bridgehead atoms. The molecule has 0 aliphatic heterocycles. The minimum atomic E-state index is -0.224. The molecule has 1 unspecified atom stereocenters. The van der Waals surface area contributed by atoms with E-state index >= 15 is 0 Å². The van der Waals surface area contributed by atoms with Gasteiger partial charge in [0.1, 0.15) is 5.75 Å². The van der Waals surface area contributed by atoms with Gasteiger partial charge in [-0.25, -0.2) is 0 Å². The number of esters is 1. The molecule has 0 aliphatic carbocycles. The summed E-state index contributed by atoms with van der Waals surface area (Å²) in [6, 6.07) is 5.84. The van der Waals surface area contributed by atoms with E-state index in [1.807, 2.05) is 32.2 Å². The minimum absolute atomic E-state index is 0.0351. The lowest BCUT2D eigenvalue weighted by Crippen LogP contribution is -2.20. The van der Waals surface area contributed by atoms with Crippen LogP contribution >= 0.6 is 0 Å². The molecule has 4 heteroatoms. The van der Waals surface area contributed by atoms with Crippen molar-refractivity contribution in [1.82, 2.24) is 5.32 Å². The Kier molecular flexibility index (Phi) is 4.97. The van der Waals surface area contributed by atoms with Crippen LogP contribution in [0.5, 0.6) is 5.75 Å². The number of ether oxygens (including phenoxy) is 2. The van der Waals surface area contributed by atoms with Gasteiger partial charge in [0.2, 0.25) is 0 Å². The van der Waals surface area contributed by atoms with Crippen LogP contribution in [-0.4, -0.2) is 27.2 Å². The molecule has 4 nitrogen and oxygen atoms in total. The topological polar surface area (TPSA) is 47.6 Å². The fraction of sp³-hybridized carbons (Fsp3) is 0.462. The van der Waals surface area contributed by atoms with Crippen LogP contribution in [0.15, 0.2) is 18.2 Å². The Morgan fingerprint density at radius 1 is 1.41 bits per heavy atom. The minimum Gasteiger partial charge on any atom is -0.496 e. The average Bonchev–Trinajstić information content (AvgIpc) is 2.35. The van der Waals surface area contributed by atoms with Crippen molar-refractivity contribution in [2.75, 3.05) is 21.3 Å². The molecule has 0 aliphatic rings. The van der Waals surface area contributed by atoms with Crippen molar-refractivity contribution < 1.29 is 14.3 Å². The van der Waals surface area contributed by atoms with Gasteiger partial charge in [-0.05, 0) is 31.2 Å². The first-order valence-corrected chi connectivity index (χ1v) is 5.51. The number of methoxy groups -OCH3 is 2. The van der Waals surface area contributed by atoms with Crippen LogP contribution in [0.4, 0.5) is 0 Å². The van der Waals surface area contributed by atoms with Crippen molar-refractivity contribution in [2.24, 2.45) is 0 Å². The van der Waals surface area contributed by atoms with E-state index < -0.39 is 0 Å². The summed E-state index contributed by atoms with van der Waals surface area (Å²) in [5.74, 6) is 0.625. The van der Waals surface area contributed by atoms with E-state index in [9.17, 15) is 4.79 Å². The van der Waals surface area contributed by atoms with Gasteiger partial charge in [-0.2, -0.15) is 0 Å². The molecule has 0 saturated heterocycles. The standard InChI is InChI=1S/C13H19NO3/c1-9-7-10(5-6-12(9)16-3)11(14-2)8-13(15)17-4/h5-7,11,14H,8H2,1-4H3. The summed E-state index contributed by atoms with van der Waals surface area (Å²) < 4.78 is 9.88. The van der Waals surface area contributed by atoms with Crippen LogP contribution in [0, 0.1) is 6.92 Å². The third kappa shape index (κ3) is 3.46. The van der Waals surface area contributed by atoms with Crippen LogP contribution in [0.2, 0.25) is 0 Å². The van der Waals surface area contributed by atoms with Gasteiger partial charge in [0.15, 0.2) is 0 Å². The lowest BCUT2D eigenvalue weighted by Gasteiger charge is -2.16. The second-order valence-electron chi connectivity index (χ2n) is 3.85. The monoisotopic (exact) mass is 237 g/mol. The highest BCUT2D eigenvalue weighted by atomic mass is 16.5. The molecule has 0 heterocycles. The van der Waals surface area contributed by atoms with Gasteiger partial charge in [-0.1, -0.05) is 12.1 Å². The molecule has 0 radical (unpaired) electrons. The smallest absolute Gasteiger partial charge is 0.307 e. The largest absolute Gasteiger partial charge is 0.496 e. The van der Waals surface area contributed by atoms with E-state index in [1.54, 1.807) is 7.11 Å². The summed E-state index contributed by atoms with van der Waals surface area (Å²) in [4.78, 5) is 11.3. The highest BCUT2D eigenvalue weighted by Gasteiger charge is 2.15. The molecule has 0 fully saturated rings. The third-order valence-electron chi connectivity index (χ3n) is 2.77. The van der Waals surface area contributed by atoms with Gasteiger partial charge in [-0.3, -0.25) is 4.79 Å². The van der Waals surface area contributed by atoms with Gasteiger partial charge in [0.05, 0.1) is 20.6 Å². The summed E-state index contributed by atoms with van der Waals surface area (Å²) in [5, 5.41) is 3.11. The number of benzene rings is 1. The Morgan fingerprint density at radius 2 is 2.12 bits per heavy atom. The first-order valence-electron chi connectivity index (χ1n) is 5.51. The van der Waals surface area contributed by atoms with Crippen molar-refractivity contribution in [3.05, 3.63) is 29.3 Å². The van der Waals surface area contributed by atoms with Gasteiger partial charge in [0, 0.05) is 6.04 Å².